The maximum atomic E-state index is 12.8. The van der Waals surface area contributed by atoms with E-state index < -0.39 is 0 Å². The summed E-state index contributed by atoms with van der Waals surface area (Å²) in [5.41, 5.74) is 4.69. The average molecular weight is 416 g/mol. The first kappa shape index (κ1) is 19.5. The number of hydrogen-bond donors (Lipinski definition) is 1. The summed E-state index contributed by atoms with van der Waals surface area (Å²) in [4.78, 5) is 45.6. The summed E-state index contributed by atoms with van der Waals surface area (Å²) in [5.74, 6) is -0.594. The largest absolute Gasteiger partial charge is 0.357 e. The van der Waals surface area contributed by atoms with Crippen molar-refractivity contribution in [3.63, 3.8) is 0 Å². The van der Waals surface area contributed by atoms with Crippen LogP contribution in [0.5, 0.6) is 0 Å². The zero-order valence-electron chi connectivity index (χ0n) is 17.4. The Hall–Kier alpha value is -3.48. The molecule has 0 radical (unpaired) electrons. The minimum atomic E-state index is -0.230. The SMILES string of the molecule is Cc1ccc(-c2ccc(NC(=O)CN3CCCC4=C3C(=O)N(C3CC3)C4=O)cc2)cn1. The predicted octanol–water partition coefficient (Wildman–Crippen LogP) is 2.88. The molecule has 0 spiro atoms. The summed E-state index contributed by atoms with van der Waals surface area (Å²) in [6.45, 7) is 2.60. The molecular weight excluding hydrogens is 392 g/mol. The van der Waals surface area contributed by atoms with Crippen molar-refractivity contribution in [3.8, 4) is 11.1 Å². The number of benzene rings is 1. The van der Waals surface area contributed by atoms with Gasteiger partial charge in [-0.2, -0.15) is 0 Å². The lowest BCUT2D eigenvalue weighted by molar-refractivity contribution is -0.138. The Morgan fingerprint density at radius 3 is 2.48 bits per heavy atom. The average Bonchev–Trinajstić information content (AvgIpc) is 3.56. The number of anilines is 1. The summed E-state index contributed by atoms with van der Waals surface area (Å²) < 4.78 is 0. The molecule has 2 aliphatic heterocycles. The highest BCUT2D eigenvalue weighted by Gasteiger charge is 2.48. The van der Waals surface area contributed by atoms with Gasteiger partial charge < -0.3 is 10.2 Å². The van der Waals surface area contributed by atoms with E-state index in [4.69, 9.17) is 0 Å². The quantitative estimate of drug-likeness (QED) is 0.758. The second-order valence-electron chi connectivity index (χ2n) is 8.38. The van der Waals surface area contributed by atoms with Crippen LogP contribution in [0, 0.1) is 6.92 Å². The van der Waals surface area contributed by atoms with E-state index in [0.717, 1.165) is 36.1 Å². The fraction of sp³-hybridized carbons (Fsp3) is 0.333. The van der Waals surface area contributed by atoms with Crippen molar-refractivity contribution >= 4 is 23.4 Å². The first-order valence-corrected chi connectivity index (χ1v) is 10.7. The van der Waals surface area contributed by atoms with Crippen molar-refractivity contribution in [2.45, 2.75) is 38.6 Å². The number of aromatic nitrogens is 1. The van der Waals surface area contributed by atoms with Gasteiger partial charge >= 0.3 is 0 Å². The maximum Gasteiger partial charge on any atom is 0.277 e. The van der Waals surface area contributed by atoms with Gasteiger partial charge in [0.1, 0.15) is 5.70 Å². The van der Waals surface area contributed by atoms with Gasteiger partial charge in [0.05, 0.1) is 6.54 Å². The van der Waals surface area contributed by atoms with E-state index in [0.29, 0.717) is 29.9 Å². The molecule has 0 atom stereocenters. The minimum absolute atomic E-state index is 0.0449. The van der Waals surface area contributed by atoms with Gasteiger partial charge in [0.2, 0.25) is 5.91 Å². The molecule has 1 saturated carbocycles. The Morgan fingerprint density at radius 2 is 1.81 bits per heavy atom. The molecule has 5 rings (SSSR count). The molecule has 0 unspecified atom stereocenters. The van der Waals surface area contributed by atoms with Crippen molar-refractivity contribution in [1.82, 2.24) is 14.8 Å². The van der Waals surface area contributed by atoms with Crippen LogP contribution in [-0.4, -0.2) is 51.6 Å². The van der Waals surface area contributed by atoms with Crippen LogP contribution in [0.15, 0.2) is 53.9 Å². The molecular formula is C24H24N4O3. The number of amides is 3. The third-order valence-electron chi connectivity index (χ3n) is 6.02. The number of carbonyl (C=O) groups excluding carboxylic acids is 3. The highest BCUT2D eigenvalue weighted by molar-refractivity contribution is 6.19. The van der Waals surface area contributed by atoms with Crippen LogP contribution < -0.4 is 5.32 Å². The van der Waals surface area contributed by atoms with E-state index >= 15 is 0 Å². The number of nitrogens with zero attached hydrogens (tertiary/aromatic N) is 3. The molecule has 0 saturated heterocycles. The molecule has 158 valence electrons. The molecule has 0 bridgehead atoms. The van der Waals surface area contributed by atoms with E-state index in [9.17, 15) is 14.4 Å². The van der Waals surface area contributed by atoms with Crippen molar-refractivity contribution in [2.75, 3.05) is 18.4 Å². The smallest absolute Gasteiger partial charge is 0.277 e. The van der Waals surface area contributed by atoms with Crippen LogP contribution in [-0.2, 0) is 14.4 Å². The zero-order chi connectivity index (χ0) is 21.5. The minimum Gasteiger partial charge on any atom is -0.357 e. The number of imide groups is 1. The van der Waals surface area contributed by atoms with Gasteiger partial charge in [0.15, 0.2) is 0 Å². The molecule has 7 nitrogen and oxygen atoms in total. The third-order valence-corrected chi connectivity index (χ3v) is 6.02. The predicted molar refractivity (Wildman–Crippen MR) is 116 cm³/mol. The number of rotatable bonds is 5. The normalized spacial score (nSPS) is 18.5. The molecule has 3 heterocycles. The summed E-state index contributed by atoms with van der Waals surface area (Å²) >= 11 is 0. The summed E-state index contributed by atoms with van der Waals surface area (Å²) in [5, 5.41) is 2.90. The van der Waals surface area contributed by atoms with Crippen LogP contribution in [0.1, 0.15) is 31.4 Å². The Kier molecular flexibility index (Phi) is 4.81. The molecule has 7 heteroatoms. The Bertz CT molecular complexity index is 1080. The highest BCUT2D eigenvalue weighted by atomic mass is 16.2. The van der Waals surface area contributed by atoms with Gasteiger partial charge in [0, 0.05) is 41.3 Å². The van der Waals surface area contributed by atoms with Gasteiger partial charge in [-0.05, 0) is 56.4 Å². The number of pyridine rings is 1. The van der Waals surface area contributed by atoms with Gasteiger partial charge in [-0.15, -0.1) is 0 Å². The highest BCUT2D eigenvalue weighted by Crippen LogP contribution is 2.38. The number of aryl methyl sites for hydroxylation is 1. The first-order valence-electron chi connectivity index (χ1n) is 10.7. The maximum absolute atomic E-state index is 12.8. The van der Waals surface area contributed by atoms with Crippen LogP contribution in [0.25, 0.3) is 11.1 Å². The van der Waals surface area contributed by atoms with Crippen LogP contribution >= 0.6 is 0 Å². The van der Waals surface area contributed by atoms with Crippen molar-refractivity contribution in [2.24, 2.45) is 0 Å². The van der Waals surface area contributed by atoms with Crippen LogP contribution in [0.3, 0.4) is 0 Å². The monoisotopic (exact) mass is 416 g/mol. The lowest BCUT2D eigenvalue weighted by atomic mass is 10.0. The van der Waals surface area contributed by atoms with Crippen LogP contribution in [0.4, 0.5) is 5.69 Å². The Morgan fingerprint density at radius 1 is 1.06 bits per heavy atom. The molecule has 2 aromatic rings. The zero-order valence-corrected chi connectivity index (χ0v) is 17.4. The summed E-state index contributed by atoms with van der Waals surface area (Å²) in [6, 6.07) is 11.6. The molecule has 1 N–H and O–H groups in total. The lowest BCUT2D eigenvalue weighted by Gasteiger charge is -2.28. The molecule has 3 amide bonds. The fourth-order valence-electron chi connectivity index (χ4n) is 4.27. The van der Waals surface area contributed by atoms with E-state index in [1.54, 1.807) is 4.90 Å². The van der Waals surface area contributed by atoms with E-state index in [1.807, 2.05) is 49.5 Å². The fourth-order valence-corrected chi connectivity index (χ4v) is 4.27. The summed E-state index contributed by atoms with van der Waals surface area (Å²) in [6.07, 6.45) is 4.97. The number of hydrogen-bond acceptors (Lipinski definition) is 5. The molecule has 1 aliphatic carbocycles. The standard InChI is InChI=1S/C24H24N4O3/c1-15-4-5-17(13-25-15)16-6-8-18(9-7-16)26-21(29)14-27-12-2-3-20-22(27)24(31)28(23(20)30)19-10-11-19/h4-9,13,19H,2-3,10-12,14H2,1H3,(H,26,29). The van der Waals surface area contributed by atoms with Gasteiger partial charge in [-0.3, -0.25) is 24.3 Å². The molecule has 1 fully saturated rings. The van der Waals surface area contributed by atoms with Crippen molar-refractivity contribution < 1.29 is 14.4 Å². The Balaban J connectivity index is 1.26. The molecule has 1 aromatic heterocycles. The molecule has 1 aromatic carbocycles. The summed E-state index contributed by atoms with van der Waals surface area (Å²) in [7, 11) is 0. The lowest BCUT2D eigenvalue weighted by Crippen LogP contribution is -2.40. The molecule has 3 aliphatic rings. The van der Waals surface area contributed by atoms with E-state index in [-0.39, 0.29) is 30.3 Å². The van der Waals surface area contributed by atoms with E-state index in [2.05, 4.69) is 10.3 Å². The second-order valence-corrected chi connectivity index (χ2v) is 8.38. The first-order chi connectivity index (χ1) is 15.0. The van der Waals surface area contributed by atoms with Crippen molar-refractivity contribution in [3.05, 3.63) is 59.6 Å². The number of nitrogens with one attached hydrogen (secondary N) is 1. The van der Waals surface area contributed by atoms with Crippen molar-refractivity contribution in [1.29, 1.82) is 0 Å². The van der Waals surface area contributed by atoms with Gasteiger partial charge in [0.25, 0.3) is 11.8 Å². The third kappa shape index (κ3) is 3.71. The topological polar surface area (TPSA) is 82.6 Å². The Labute approximate surface area is 180 Å². The van der Waals surface area contributed by atoms with Gasteiger partial charge in [-0.1, -0.05) is 18.2 Å². The second kappa shape index (κ2) is 7.65. The number of carbonyl (C=O) groups is 3. The van der Waals surface area contributed by atoms with Gasteiger partial charge in [-0.25, -0.2) is 0 Å². The van der Waals surface area contributed by atoms with Crippen LogP contribution in [0.2, 0.25) is 0 Å². The van der Waals surface area contributed by atoms with E-state index in [1.165, 1.54) is 4.90 Å². The molecule has 31 heavy (non-hydrogen) atoms.